The number of aryl methyl sites for hydroxylation is 1. The van der Waals surface area contributed by atoms with Gasteiger partial charge in [0, 0.05) is 42.1 Å². The van der Waals surface area contributed by atoms with E-state index in [0.29, 0.717) is 0 Å². The van der Waals surface area contributed by atoms with Crippen molar-refractivity contribution in [3.63, 3.8) is 0 Å². The molecule has 0 saturated heterocycles. The molecule has 0 amide bonds. The van der Waals surface area contributed by atoms with E-state index in [2.05, 4.69) is 109 Å². The fourth-order valence-corrected chi connectivity index (χ4v) is 4.21. The smallest absolute Gasteiger partial charge is 0.111 e. The van der Waals surface area contributed by atoms with Crippen molar-refractivity contribution >= 4 is 27.5 Å². The van der Waals surface area contributed by atoms with Crippen molar-refractivity contribution in [2.75, 3.05) is 11.9 Å². The average Bonchev–Trinajstić information content (AvgIpc) is 3.17. The van der Waals surface area contributed by atoms with Crippen LogP contribution in [0, 0.1) is 6.92 Å². The van der Waals surface area contributed by atoms with Crippen LogP contribution in [0.25, 0.3) is 27.5 Å². The van der Waals surface area contributed by atoms with Gasteiger partial charge in [-0.25, -0.2) is 0 Å². The van der Waals surface area contributed by atoms with E-state index in [4.69, 9.17) is 4.98 Å². The van der Waals surface area contributed by atoms with Gasteiger partial charge in [-0.2, -0.15) is 0 Å². The second-order valence-electron chi connectivity index (χ2n) is 7.92. The normalized spacial score (nSPS) is 15.9. The molecular formula is C24H24N4. The van der Waals surface area contributed by atoms with Gasteiger partial charge in [0.1, 0.15) is 5.66 Å². The van der Waals surface area contributed by atoms with Crippen LogP contribution in [0.4, 0.5) is 5.69 Å². The van der Waals surface area contributed by atoms with Crippen LogP contribution < -0.4 is 4.90 Å². The number of fused-ring (bicyclic) bond motifs is 3. The Hall–Kier alpha value is -3.27. The van der Waals surface area contributed by atoms with E-state index in [1.807, 2.05) is 6.20 Å². The molecule has 4 nitrogen and oxygen atoms in total. The zero-order chi connectivity index (χ0) is 19.5. The Bertz CT molecular complexity index is 1220. The van der Waals surface area contributed by atoms with Gasteiger partial charge < -0.3 is 14.4 Å². The number of rotatable bonds is 2. The molecule has 4 heteroatoms. The average molecular weight is 368 g/mol. The number of para-hydroxylation sites is 2. The fourth-order valence-electron chi connectivity index (χ4n) is 4.21. The van der Waals surface area contributed by atoms with Gasteiger partial charge >= 0.3 is 0 Å². The lowest BCUT2D eigenvalue weighted by Crippen LogP contribution is -2.47. The first-order valence-corrected chi connectivity index (χ1v) is 9.65. The van der Waals surface area contributed by atoms with Crippen LogP contribution in [-0.4, -0.2) is 27.2 Å². The molecule has 1 aliphatic rings. The highest BCUT2D eigenvalue weighted by molar-refractivity contribution is 6.13. The third-order valence-electron chi connectivity index (χ3n) is 6.02. The maximum Gasteiger partial charge on any atom is 0.111 e. The number of hydrogen-bond donors (Lipinski definition) is 0. The summed E-state index contributed by atoms with van der Waals surface area (Å²) in [4.78, 5) is 9.37. The number of benzene rings is 2. The van der Waals surface area contributed by atoms with Gasteiger partial charge in [0.05, 0.1) is 22.4 Å². The molecule has 2 aromatic carbocycles. The van der Waals surface area contributed by atoms with E-state index >= 15 is 0 Å². The Balaban J connectivity index is 1.95. The Labute approximate surface area is 165 Å². The molecule has 1 aliphatic heterocycles. The number of anilines is 1. The summed E-state index contributed by atoms with van der Waals surface area (Å²) in [5.74, 6) is 0. The predicted molar refractivity (Wildman–Crippen MR) is 117 cm³/mol. The van der Waals surface area contributed by atoms with Gasteiger partial charge in [0.2, 0.25) is 0 Å². The molecule has 0 saturated carbocycles. The lowest BCUT2D eigenvalue weighted by atomic mass is 10.1. The van der Waals surface area contributed by atoms with Gasteiger partial charge in [-0.15, -0.1) is 0 Å². The van der Waals surface area contributed by atoms with Gasteiger partial charge in [-0.3, -0.25) is 4.98 Å². The molecule has 0 atom stereocenters. The van der Waals surface area contributed by atoms with Crippen LogP contribution in [0.2, 0.25) is 0 Å². The molecule has 0 radical (unpaired) electrons. The molecule has 2 aromatic heterocycles. The van der Waals surface area contributed by atoms with Gasteiger partial charge in [-0.1, -0.05) is 36.4 Å². The highest BCUT2D eigenvalue weighted by Crippen LogP contribution is 2.42. The summed E-state index contributed by atoms with van der Waals surface area (Å²) in [6.07, 6.45) is 6.32. The molecule has 140 valence electrons. The summed E-state index contributed by atoms with van der Waals surface area (Å²) in [6, 6.07) is 19.2. The highest BCUT2D eigenvalue weighted by atomic mass is 15.4. The summed E-state index contributed by atoms with van der Waals surface area (Å²) in [6.45, 7) is 6.57. The highest BCUT2D eigenvalue weighted by Gasteiger charge is 2.36. The van der Waals surface area contributed by atoms with Crippen molar-refractivity contribution in [3.05, 3.63) is 78.9 Å². The predicted octanol–water partition coefficient (Wildman–Crippen LogP) is 5.45. The number of nitrogens with zero attached hydrogens (tertiary/aromatic N) is 4. The molecule has 0 fully saturated rings. The molecular weight excluding hydrogens is 344 g/mol. The lowest BCUT2D eigenvalue weighted by molar-refractivity contribution is 0.253. The third kappa shape index (κ3) is 2.21. The molecule has 5 rings (SSSR count). The van der Waals surface area contributed by atoms with Crippen molar-refractivity contribution in [2.45, 2.75) is 26.4 Å². The van der Waals surface area contributed by atoms with Gasteiger partial charge in [-0.05, 0) is 39.0 Å². The topological polar surface area (TPSA) is 24.3 Å². The van der Waals surface area contributed by atoms with Crippen molar-refractivity contribution in [1.29, 1.82) is 0 Å². The lowest BCUT2D eigenvalue weighted by Gasteiger charge is -2.39. The third-order valence-corrected chi connectivity index (χ3v) is 6.02. The zero-order valence-electron chi connectivity index (χ0n) is 16.7. The first-order chi connectivity index (χ1) is 13.5. The SMILES string of the molecule is Cc1ncc2c3ccccc3n(-c3ccccc3)c2c1N1C=CN(C)C1(C)C. The second kappa shape index (κ2) is 5.86. The van der Waals surface area contributed by atoms with Crippen LogP contribution in [0.15, 0.2) is 73.2 Å². The Kier molecular flexibility index (Phi) is 3.53. The number of pyridine rings is 1. The van der Waals surface area contributed by atoms with E-state index in [-0.39, 0.29) is 5.66 Å². The van der Waals surface area contributed by atoms with E-state index in [9.17, 15) is 0 Å². The van der Waals surface area contributed by atoms with Crippen LogP contribution in [0.5, 0.6) is 0 Å². The van der Waals surface area contributed by atoms with Gasteiger partial charge in [0.15, 0.2) is 0 Å². The van der Waals surface area contributed by atoms with Crippen LogP contribution in [-0.2, 0) is 0 Å². The second-order valence-corrected chi connectivity index (χ2v) is 7.92. The Morgan fingerprint density at radius 1 is 0.857 bits per heavy atom. The first kappa shape index (κ1) is 16.9. The molecule has 0 aliphatic carbocycles. The summed E-state index contributed by atoms with van der Waals surface area (Å²) in [5.41, 5.74) is 5.58. The maximum atomic E-state index is 4.79. The minimum absolute atomic E-state index is 0.168. The Morgan fingerprint density at radius 3 is 2.29 bits per heavy atom. The largest absolute Gasteiger partial charge is 0.357 e. The Morgan fingerprint density at radius 2 is 1.57 bits per heavy atom. The van der Waals surface area contributed by atoms with Crippen molar-refractivity contribution < 1.29 is 0 Å². The monoisotopic (exact) mass is 368 g/mol. The summed E-state index contributed by atoms with van der Waals surface area (Å²) in [5, 5.41) is 2.41. The van der Waals surface area contributed by atoms with Crippen LogP contribution >= 0.6 is 0 Å². The zero-order valence-corrected chi connectivity index (χ0v) is 16.7. The molecule has 4 aromatic rings. The first-order valence-electron chi connectivity index (χ1n) is 9.65. The molecule has 0 bridgehead atoms. The van der Waals surface area contributed by atoms with E-state index in [1.54, 1.807) is 0 Å². The van der Waals surface area contributed by atoms with Crippen molar-refractivity contribution in [1.82, 2.24) is 14.5 Å². The van der Waals surface area contributed by atoms with Crippen molar-refractivity contribution in [3.8, 4) is 5.69 Å². The number of aromatic nitrogens is 2. The minimum atomic E-state index is -0.168. The van der Waals surface area contributed by atoms with Gasteiger partial charge in [0.25, 0.3) is 0 Å². The van der Waals surface area contributed by atoms with Crippen molar-refractivity contribution in [2.24, 2.45) is 0 Å². The minimum Gasteiger partial charge on any atom is -0.357 e. The maximum absolute atomic E-state index is 4.79. The van der Waals surface area contributed by atoms with E-state index < -0.39 is 0 Å². The molecule has 0 spiro atoms. The fraction of sp³-hybridized carbons (Fsp3) is 0.208. The quantitative estimate of drug-likeness (QED) is 0.470. The van der Waals surface area contributed by atoms with Crippen LogP contribution in [0.1, 0.15) is 19.5 Å². The number of hydrogen-bond acceptors (Lipinski definition) is 3. The summed E-state index contributed by atoms with van der Waals surface area (Å²) < 4.78 is 2.37. The van der Waals surface area contributed by atoms with E-state index in [0.717, 1.165) is 17.1 Å². The standard InChI is InChI=1S/C24H24N4/c1-17-22(27-15-14-26(4)24(27,2)3)23-20(16-25-17)19-12-8-9-13-21(19)28(23)18-10-6-5-7-11-18/h5-16H,1-4H3. The molecule has 3 heterocycles. The molecule has 28 heavy (non-hydrogen) atoms. The summed E-state index contributed by atoms with van der Waals surface area (Å²) >= 11 is 0. The molecule has 0 unspecified atom stereocenters. The van der Waals surface area contributed by atoms with E-state index in [1.165, 1.54) is 21.8 Å². The summed E-state index contributed by atoms with van der Waals surface area (Å²) in [7, 11) is 2.12. The van der Waals surface area contributed by atoms with Crippen LogP contribution in [0.3, 0.4) is 0 Å². The molecule has 0 N–H and O–H groups in total.